The van der Waals surface area contributed by atoms with Gasteiger partial charge in [0.05, 0.1) is 0 Å². The van der Waals surface area contributed by atoms with E-state index in [1.165, 1.54) is 32.1 Å². The summed E-state index contributed by atoms with van der Waals surface area (Å²) in [5.74, 6) is 3.22. The molecule has 0 bridgehead atoms. The van der Waals surface area contributed by atoms with Gasteiger partial charge in [-0.1, -0.05) is 46.5 Å². The van der Waals surface area contributed by atoms with Gasteiger partial charge < -0.3 is 0 Å². The minimum Gasteiger partial charge on any atom is -0.0654 e. The highest BCUT2D eigenvalue weighted by atomic mass is 14.4. The van der Waals surface area contributed by atoms with Crippen molar-refractivity contribution in [3.05, 3.63) is 0 Å². The molecule has 0 aromatic carbocycles. The van der Waals surface area contributed by atoms with Crippen LogP contribution in [0.4, 0.5) is 0 Å². The summed E-state index contributed by atoms with van der Waals surface area (Å²) >= 11 is 0. The van der Waals surface area contributed by atoms with Gasteiger partial charge in [-0.25, -0.2) is 0 Å². The Balaban J connectivity index is 2.07. The minimum absolute atomic E-state index is 1.01. The molecule has 0 nitrogen and oxygen atoms in total. The first-order chi connectivity index (χ1) is 5.29. The molecule has 0 aromatic rings. The topological polar surface area (TPSA) is 0 Å². The Morgan fingerprint density at radius 2 is 2.09 bits per heavy atom. The highest BCUT2D eigenvalue weighted by Gasteiger charge is 2.38. The van der Waals surface area contributed by atoms with Gasteiger partial charge in [-0.3, -0.25) is 0 Å². The molecule has 1 aliphatic carbocycles. The molecule has 3 atom stereocenters. The summed E-state index contributed by atoms with van der Waals surface area (Å²) in [4.78, 5) is 0. The SMILES string of the molecule is CCCCC(C)C1CC1CC. The van der Waals surface area contributed by atoms with Crippen LogP contribution in [-0.4, -0.2) is 0 Å². The fourth-order valence-electron chi connectivity index (χ4n) is 2.18. The summed E-state index contributed by atoms with van der Waals surface area (Å²) in [5, 5.41) is 0. The van der Waals surface area contributed by atoms with Gasteiger partial charge in [-0.05, 0) is 24.2 Å². The second kappa shape index (κ2) is 4.13. The van der Waals surface area contributed by atoms with Crippen molar-refractivity contribution < 1.29 is 0 Å². The van der Waals surface area contributed by atoms with Crippen LogP contribution in [0.25, 0.3) is 0 Å². The summed E-state index contributed by atoms with van der Waals surface area (Å²) in [6, 6.07) is 0. The van der Waals surface area contributed by atoms with Gasteiger partial charge in [0.1, 0.15) is 0 Å². The smallest absolute Gasteiger partial charge is 0.0357 e. The number of rotatable bonds is 5. The van der Waals surface area contributed by atoms with E-state index in [4.69, 9.17) is 0 Å². The van der Waals surface area contributed by atoms with Crippen LogP contribution >= 0.6 is 0 Å². The lowest BCUT2D eigenvalue weighted by atomic mass is 9.97. The Morgan fingerprint density at radius 3 is 2.55 bits per heavy atom. The van der Waals surface area contributed by atoms with Crippen molar-refractivity contribution in [3.63, 3.8) is 0 Å². The van der Waals surface area contributed by atoms with E-state index in [0.29, 0.717) is 0 Å². The molecule has 0 aromatic heterocycles. The van der Waals surface area contributed by atoms with E-state index in [1.807, 2.05) is 0 Å². The van der Waals surface area contributed by atoms with Crippen LogP contribution < -0.4 is 0 Å². The summed E-state index contributed by atoms with van der Waals surface area (Å²) < 4.78 is 0. The monoisotopic (exact) mass is 154 g/mol. The Bertz CT molecular complexity index is 107. The molecule has 1 fully saturated rings. The average Bonchev–Trinajstić information content (AvgIpc) is 2.78. The summed E-state index contributed by atoms with van der Waals surface area (Å²) in [6.07, 6.45) is 7.22. The van der Waals surface area contributed by atoms with Gasteiger partial charge in [0.15, 0.2) is 0 Å². The molecule has 0 heteroatoms. The van der Waals surface area contributed by atoms with Gasteiger partial charge in [0.2, 0.25) is 0 Å². The van der Waals surface area contributed by atoms with E-state index in [1.54, 1.807) is 0 Å². The van der Waals surface area contributed by atoms with E-state index in [9.17, 15) is 0 Å². The fraction of sp³-hybridized carbons (Fsp3) is 1.00. The maximum Gasteiger partial charge on any atom is -0.0357 e. The fourth-order valence-corrected chi connectivity index (χ4v) is 2.18. The Morgan fingerprint density at radius 1 is 1.36 bits per heavy atom. The lowest BCUT2D eigenvalue weighted by Crippen LogP contribution is -1.98. The first-order valence-corrected chi connectivity index (χ1v) is 5.29. The maximum absolute atomic E-state index is 2.44. The molecule has 11 heavy (non-hydrogen) atoms. The third-order valence-electron chi connectivity index (χ3n) is 3.25. The normalized spacial score (nSPS) is 31.9. The third-order valence-corrected chi connectivity index (χ3v) is 3.25. The van der Waals surface area contributed by atoms with Crippen LogP contribution in [0.1, 0.15) is 52.9 Å². The zero-order valence-corrected chi connectivity index (χ0v) is 8.27. The molecular weight excluding hydrogens is 132 g/mol. The summed E-state index contributed by atoms with van der Waals surface area (Å²) in [5.41, 5.74) is 0. The lowest BCUT2D eigenvalue weighted by molar-refractivity contribution is 0.424. The van der Waals surface area contributed by atoms with Crippen LogP contribution in [0.15, 0.2) is 0 Å². The average molecular weight is 154 g/mol. The molecule has 1 saturated carbocycles. The largest absolute Gasteiger partial charge is 0.0654 e. The Kier molecular flexibility index (Phi) is 3.42. The van der Waals surface area contributed by atoms with Crippen molar-refractivity contribution >= 4 is 0 Å². The number of hydrogen-bond donors (Lipinski definition) is 0. The van der Waals surface area contributed by atoms with Gasteiger partial charge >= 0.3 is 0 Å². The zero-order valence-electron chi connectivity index (χ0n) is 8.27. The predicted octanol–water partition coefficient (Wildman–Crippen LogP) is 3.86. The molecule has 1 aliphatic rings. The van der Waals surface area contributed by atoms with Crippen LogP contribution in [0.5, 0.6) is 0 Å². The van der Waals surface area contributed by atoms with Gasteiger partial charge in [-0.2, -0.15) is 0 Å². The lowest BCUT2D eigenvalue weighted by Gasteiger charge is -2.08. The van der Waals surface area contributed by atoms with E-state index in [2.05, 4.69) is 20.8 Å². The number of hydrogen-bond acceptors (Lipinski definition) is 0. The van der Waals surface area contributed by atoms with Crippen LogP contribution in [0.3, 0.4) is 0 Å². The van der Waals surface area contributed by atoms with E-state index in [-0.39, 0.29) is 0 Å². The highest BCUT2D eigenvalue weighted by Crippen LogP contribution is 2.47. The molecule has 0 spiro atoms. The molecule has 0 amide bonds. The van der Waals surface area contributed by atoms with Gasteiger partial charge in [0.25, 0.3) is 0 Å². The molecule has 3 unspecified atom stereocenters. The van der Waals surface area contributed by atoms with Crippen LogP contribution in [0, 0.1) is 17.8 Å². The number of unbranched alkanes of at least 4 members (excludes halogenated alkanes) is 1. The van der Waals surface area contributed by atoms with Crippen molar-refractivity contribution in [2.45, 2.75) is 52.9 Å². The first kappa shape index (κ1) is 9.09. The van der Waals surface area contributed by atoms with E-state index in [0.717, 1.165) is 17.8 Å². The maximum atomic E-state index is 2.44. The molecule has 0 N–H and O–H groups in total. The molecule has 0 radical (unpaired) electrons. The Labute approximate surface area is 71.4 Å². The van der Waals surface area contributed by atoms with Crippen molar-refractivity contribution in [1.82, 2.24) is 0 Å². The highest BCUT2D eigenvalue weighted by molar-refractivity contribution is 4.88. The van der Waals surface area contributed by atoms with Crippen LogP contribution in [-0.2, 0) is 0 Å². The second-order valence-corrected chi connectivity index (χ2v) is 4.19. The van der Waals surface area contributed by atoms with Crippen molar-refractivity contribution in [1.29, 1.82) is 0 Å². The summed E-state index contributed by atoms with van der Waals surface area (Å²) in [7, 11) is 0. The summed E-state index contributed by atoms with van der Waals surface area (Å²) in [6.45, 7) is 7.06. The van der Waals surface area contributed by atoms with Gasteiger partial charge in [0, 0.05) is 0 Å². The Hall–Kier alpha value is 0. The third kappa shape index (κ3) is 2.50. The minimum atomic E-state index is 1.01. The van der Waals surface area contributed by atoms with E-state index < -0.39 is 0 Å². The molecule has 1 rings (SSSR count). The molecule has 0 aliphatic heterocycles. The molecule has 66 valence electrons. The molecule has 0 saturated heterocycles. The first-order valence-electron chi connectivity index (χ1n) is 5.29. The van der Waals surface area contributed by atoms with Gasteiger partial charge in [-0.15, -0.1) is 0 Å². The van der Waals surface area contributed by atoms with Crippen LogP contribution in [0.2, 0.25) is 0 Å². The van der Waals surface area contributed by atoms with Crippen molar-refractivity contribution in [2.24, 2.45) is 17.8 Å². The van der Waals surface area contributed by atoms with E-state index >= 15 is 0 Å². The second-order valence-electron chi connectivity index (χ2n) is 4.19. The van der Waals surface area contributed by atoms with Crippen molar-refractivity contribution in [3.8, 4) is 0 Å². The quantitative estimate of drug-likeness (QED) is 0.564. The molecule has 0 heterocycles. The standard InChI is InChI=1S/C11H22/c1-4-6-7-9(3)11-8-10(11)5-2/h9-11H,4-8H2,1-3H3. The van der Waals surface area contributed by atoms with Crippen molar-refractivity contribution in [2.75, 3.05) is 0 Å². The molecular formula is C11H22. The predicted molar refractivity (Wildman–Crippen MR) is 50.6 cm³/mol. The zero-order chi connectivity index (χ0) is 8.27.